The quantitative estimate of drug-likeness (QED) is 0.476. The monoisotopic (exact) mass is 473 g/mol. The molecule has 2 aliphatic heterocycles. The number of hydrogen-bond donors (Lipinski definition) is 3. The predicted molar refractivity (Wildman–Crippen MR) is 126 cm³/mol. The lowest BCUT2D eigenvalue weighted by Gasteiger charge is -2.38. The Labute approximate surface area is 200 Å². The van der Waals surface area contributed by atoms with Gasteiger partial charge in [0.15, 0.2) is 5.76 Å². The molecule has 4 rings (SSSR count). The van der Waals surface area contributed by atoms with Gasteiger partial charge in [-0.3, -0.25) is 0 Å². The summed E-state index contributed by atoms with van der Waals surface area (Å²) in [7, 11) is 1.62. The molecule has 2 fully saturated rings. The molecule has 0 saturated carbocycles. The van der Waals surface area contributed by atoms with Gasteiger partial charge in [0.25, 0.3) is 0 Å². The topological polar surface area (TPSA) is 118 Å². The number of epoxide rings is 1. The molecule has 186 valence electrons. The van der Waals surface area contributed by atoms with Gasteiger partial charge in [0.05, 0.1) is 50.4 Å². The van der Waals surface area contributed by atoms with Crippen LogP contribution in [0.4, 0.5) is 0 Å². The van der Waals surface area contributed by atoms with Crippen molar-refractivity contribution in [2.45, 2.75) is 70.2 Å². The summed E-state index contributed by atoms with van der Waals surface area (Å²) in [6.07, 6.45) is 1.70. The third-order valence-corrected chi connectivity index (χ3v) is 6.97. The molecule has 8 atom stereocenters. The number of aliphatic hydroxyl groups excluding tert-OH is 3. The Hall–Kier alpha value is -2.23. The first kappa shape index (κ1) is 24.9. The zero-order valence-electron chi connectivity index (χ0n) is 20.1. The van der Waals surface area contributed by atoms with Crippen molar-refractivity contribution in [2.75, 3.05) is 13.7 Å². The molecule has 1 aromatic heterocycles. The lowest BCUT2D eigenvalue weighted by Crippen LogP contribution is -2.50. The molecule has 0 spiro atoms. The predicted octanol–water partition coefficient (Wildman–Crippen LogP) is 3.05. The molecule has 1 aromatic carbocycles. The van der Waals surface area contributed by atoms with E-state index in [-0.39, 0.29) is 24.0 Å². The van der Waals surface area contributed by atoms with Gasteiger partial charge in [-0.2, -0.15) is 0 Å². The molecule has 0 radical (unpaired) electrons. The maximum Gasteiger partial charge on any atom is 0.219 e. The van der Waals surface area contributed by atoms with Gasteiger partial charge < -0.3 is 33.9 Å². The minimum absolute atomic E-state index is 0.00385. The molecule has 8 unspecified atom stereocenters. The fraction of sp³-hybridized carbons (Fsp3) is 0.577. The molecule has 34 heavy (non-hydrogen) atoms. The minimum atomic E-state index is -0.993. The third-order valence-electron chi connectivity index (χ3n) is 6.97. The van der Waals surface area contributed by atoms with E-state index in [9.17, 15) is 15.3 Å². The molecule has 8 nitrogen and oxygen atoms in total. The molecule has 3 heterocycles. The Morgan fingerprint density at radius 3 is 2.59 bits per heavy atom. The summed E-state index contributed by atoms with van der Waals surface area (Å²) < 4.78 is 22.7. The van der Waals surface area contributed by atoms with E-state index in [4.69, 9.17) is 18.6 Å². The molecule has 2 saturated heterocycles. The van der Waals surface area contributed by atoms with Gasteiger partial charge in [-0.1, -0.05) is 12.5 Å². The summed E-state index contributed by atoms with van der Waals surface area (Å²) >= 11 is 0. The number of aromatic nitrogens is 1. The number of methoxy groups -OCH3 is 1. The average Bonchev–Trinajstić information content (AvgIpc) is 3.44. The molecule has 2 aromatic rings. The highest BCUT2D eigenvalue weighted by atomic mass is 16.6. The summed E-state index contributed by atoms with van der Waals surface area (Å²) in [4.78, 5) is 4.33. The minimum Gasteiger partial charge on any atom is -0.497 e. The van der Waals surface area contributed by atoms with Crippen molar-refractivity contribution in [1.29, 1.82) is 0 Å². The zero-order chi connectivity index (χ0) is 24.4. The van der Waals surface area contributed by atoms with Crippen molar-refractivity contribution in [3.05, 3.63) is 41.9 Å². The molecular weight excluding hydrogens is 438 g/mol. The normalized spacial score (nSPS) is 31.2. The summed E-state index contributed by atoms with van der Waals surface area (Å²) in [6.45, 7) is 5.99. The number of oxazole rings is 1. The first-order chi connectivity index (χ1) is 16.3. The van der Waals surface area contributed by atoms with E-state index in [1.54, 1.807) is 20.2 Å². The summed E-state index contributed by atoms with van der Waals surface area (Å²) in [5.41, 5.74) is 1.82. The summed E-state index contributed by atoms with van der Waals surface area (Å²) in [5, 5.41) is 31.1. The van der Waals surface area contributed by atoms with Gasteiger partial charge in [0.1, 0.15) is 11.9 Å². The highest BCUT2D eigenvalue weighted by Crippen LogP contribution is 2.38. The fourth-order valence-corrected chi connectivity index (χ4v) is 4.54. The smallest absolute Gasteiger partial charge is 0.219 e. The number of nitrogens with zero attached hydrogens (tertiary/aromatic N) is 1. The van der Waals surface area contributed by atoms with Crippen LogP contribution in [-0.2, 0) is 9.47 Å². The van der Waals surface area contributed by atoms with Gasteiger partial charge in [-0.15, -0.1) is 0 Å². The Morgan fingerprint density at radius 2 is 1.91 bits per heavy atom. The Bertz CT molecular complexity index is 970. The van der Waals surface area contributed by atoms with Crippen LogP contribution in [0.2, 0.25) is 0 Å². The van der Waals surface area contributed by atoms with Crippen molar-refractivity contribution in [1.82, 2.24) is 4.98 Å². The largest absolute Gasteiger partial charge is 0.497 e. The number of aliphatic hydroxyl groups is 3. The van der Waals surface area contributed by atoms with Gasteiger partial charge in [-0.05, 0) is 57.0 Å². The molecule has 0 aliphatic carbocycles. The highest BCUT2D eigenvalue weighted by Gasteiger charge is 2.48. The van der Waals surface area contributed by atoms with E-state index in [2.05, 4.69) is 4.98 Å². The molecule has 3 N–H and O–H groups in total. The van der Waals surface area contributed by atoms with Gasteiger partial charge in [0, 0.05) is 17.4 Å². The van der Waals surface area contributed by atoms with E-state index in [0.29, 0.717) is 31.1 Å². The van der Waals surface area contributed by atoms with Crippen molar-refractivity contribution >= 4 is 6.08 Å². The van der Waals surface area contributed by atoms with Crippen molar-refractivity contribution in [3.8, 4) is 17.1 Å². The molecule has 0 bridgehead atoms. The summed E-state index contributed by atoms with van der Waals surface area (Å²) in [5.74, 6) is 1.73. The third kappa shape index (κ3) is 5.70. The first-order valence-electron chi connectivity index (χ1n) is 11.9. The molecule has 0 amide bonds. The van der Waals surface area contributed by atoms with E-state index in [1.807, 2.05) is 44.2 Å². The first-order valence-corrected chi connectivity index (χ1v) is 11.9. The number of ether oxygens (including phenoxy) is 3. The standard InChI is InChI=1S/C26H35NO7/c1-14(10-23-27-12-22(33-23)17-5-7-19(31-4)8-6-17)9-20-25(30)24(29)18(13-32-20)11-21-26(34-21)15(2)16(3)28/h5-8,10,12,15-16,18,20-21,24-26,28-30H,9,11,13H2,1-4H3/b14-10+. The molecular formula is C26H35NO7. The van der Waals surface area contributed by atoms with Crippen LogP contribution in [-0.4, -0.2) is 70.6 Å². The Balaban J connectivity index is 1.30. The highest BCUT2D eigenvalue weighted by molar-refractivity contribution is 5.59. The second-order valence-corrected chi connectivity index (χ2v) is 9.57. The molecule has 2 aliphatic rings. The van der Waals surface area contributed by atoms with Crippen LogP contribution in [0, 0.1) is 11.8 Å². The lowest BCUT2D eigenvalue weighted by molar-refractivity contribution is -0.165. The van der Waals surface area contributed by atoms with Crippen LogP contribution >= 0.6 is 0 Å². The zero-order valence-corrected chi connectivity index (χ0v) is 20.1. The Kier molecular flexibility index (Phi) is 7.74. The van der Waals surface area contributed by atoms with Crippen molar-refractivity contribution < 1.29 is 33.9 Å². The van der Waals surface area contributed by atoms with E-state index >= 15 is 0 Å². The Morgan fingerprint density at radius 1 is 1.18 bits per heavy atom. The van der Waals surface area contributed by atoms with Crippen LogP contribution < -0.4 is 4.74 Å². The van der Waals surface area contributed by atoms with Crippen LogP contribution in [0.25, 0.3) is 17.4 Å². The second kappa shape index (κ2) is 10.6. The lowest BCUT2D eigenvalue weighted by atomic mass is 9.85. The fourth-order valence-electron chi connectivity index (χ4n) is 4.54. The van der Waals surface area contributed by atoms with Gasteiger partial charge >= 0.3 is 0 Å². The average molecular weight is 474 g/mol. The SMILES string of the molecule is COc1ccc(-c2cnc(/C=C(\C)CC3OCC(CC4OC4C(C)C(C)O)C(O)C3O)o2)cc1. The maximum absolute atomic E-state index is 10.7. The number of benzene rings is 1. The van der Waals surface area contributed by atoms with E-state index in [0.717, 1.165) is 16.9 Å². The second-order valence-electron chi connectivity index (χ2n) is 9.57. The summed E-state index contributed by atoms with van der Waals surface area (Å²) in [6, 6.07) is 7.54. The van der Waals surface area contributed by atoms with Gasteiger partial charge in [0.2, 0.25) is 5.89 Å². The van der Waals surface area contributed by atoms with E-state index in [1.165, 1.54) is 0 Å². The van der Waals surface area contributed by atoms with Crippen LogP contribution in [0.3, 0.4) is 0 Å². The van der Waals surface area contributed by atoms with Crippen molar-refractivity contribution in [2.24, 2.45) is 11.8 Å². The maximum atomic E-state index is 10.7. The van der Waals surface area contributed by atoms with Gasteiger partial charge in [-0.25, -0.2) is 4.98 Å². The van der Waals surface area contributed by atoms with Crippen LogP contribution in [0.15, 0.2) is 40.5 Å². The van der Waals surface area contributed by atoms with Crippen LogP contribution in [0.5, 0.6) is 5.75 Å². The van der Waals surface area contributed by atoms with E-state index < -0.39 is 24.4 Å². The number of rotatable bonds is 9. The number of hydrogen-bond acceptors (Lipinski definition) is 8. The van der Waals surface area contributed by atoms with Crippen molar-refractivity contribution in [3.63, 3.8) is 0 Å². The molecule has 8 heteroatoms. The van der Waals surface area contributed by atoms with Crippen LogP contribution in [0.1, 0.15) is 39.5 Å².